The van der Waals surface area contributed by atoms with Gasteiger partial charge >= 0.3 is 0 Å². The van der Waals surface area contributed by atoms with Gasteiger partial charge in [0.05, 0.1) is 24.0 Å². The van der Waals surface area contributed by atoms with Gasteiger partial charge in [0.1, 0.15) is 0 Å². The van der Waals surface area contributed by atoms with Crippen molar-refractivity contribution in [2.24, 2.45) is 5.92 Å². The smallest absolute Gasteiger partial charge is 0.264 e. The summed E-state index contributed by atoms with van der Waals surface area (Å²) in [6.07, 6.45) is 2.59. The molecule has 1 spiro atoms. The number of anilines is 1. The number of carbonyl (C=O) groups is 1. The number of halogens is 1. The molecule has 2 N–H and O–H groups in total. The van der Waals surface area contributed by atoms with E-state index in [0.717, 1.165) is 26.1 Å². The lowest BCUT2D eigenvalue weighted by molar-refractivity contribution is -0.146. The molecule has 2 aliphatic heterocycles. The Morgan fingerprint density at radius 2 is 1.89 bits per heavy atom. The third-order valence-corrected chi connectivity index (χ3v) is 11.0. The van der Waals surface area contributed by atoms with Crippen LogP contribution < -0.4 is 4.90 Å². The molecule has 8 nitrogen and oxygen atoms in total. The molecule has 2 aromatic carbocycles. The Morgan fingerprint density at radius 3 is 2.59 bits per heavy atom. The van der Waals surface area contributed by atoms with Gasteiger partial charge in [-0.2, -0.15) is 0 Å². The van der Waals surface area contributed by atoms with E-state index in [-0.39, 0.29) is 30.1 Å². The molecule has 1 fully saturated rings. The van der Waals surface area contributed by atoms with Gasteiger partial charge in [-0.05, 0) is 65.9 Å². The summed E-state index contributed by atoms with van der Waals surface area (Å²) >= 11 is 2.28. The number of aromatic nitrogens is 3. The first kappa shape index (κ1) is 26.5. The predicted octanol–water partition coefficient (Wildman–Crippen LogP) is 3.85. The average Bonchev–Trinajstić information content (AvgIpc) is 3.50. The maximum Gasteiger partial charge on any atom is 0.264 e. The third kappa shape index (κ3) is 4.78. The fourth-order valence-corrected chi connectivity index (χ4v) is 9.13. The molecule has 2 aliphatic rings. The van der Waals surface area contributed by atoms with E-state index in [0.29, 0.717) is 25.9 Å². The van der Waals surface area contributed by atoms with Crippen LogP contribution in [0.25, 0.3) is 0 Å². The zero-order chi connectivity index (χ0) is 26.4. The Balaban J connectivity index is 1.47. The molecule has 1 aromatic heterocycles. The van der Waals surface area contributed by atoms with E-state index < -0.39 is 13.9 Å². The van der Waals surface area contributed by atoms with Crippen LogP contribution in [0.2, 0.25) is 18.6 Å². The summed E-state index contributed by atoms with van der Waals surface area (Å²) in [5.74, 6) is -0.253. The number of fused-ring (bicyclic) bond motifs is 2. The number of para-hydroxylation sites is 1. The fraction of sp³-hybridized carbons (Fsp3) is 0.444. The highest BCUT2D eigenvalue weighted by atomic mass is 127. The largest absolute Gasteiger partial charge is 0.432 e. The van der Waals surface area contributed by atoms with E-state index in [4.69, 9.17) is 4.74 Å². The van der Waals surface area contributed by atoms with Crippen LogP contribution in [0.3, 0.4) is 0 Å². The second kappa shape index (κ2) is 10.2. The van der Waals surface area contributed by atoms with Gasteiger partial charge in [0.2, 0.25) is 0 Å². The fourth-order valence-electron chi connectivity index (χ4n) is 6.17. The van der Waals surface area contributed by atoms with Crippen molar-refractivity contribution in [1.82, 2.24) is 15.0 Å². The average molecular weight is 633 g/mol. The Labute approximate surface area is 231 Å². The number of nitrogens with zero attached hydrogens (tertiary/aromatic N) is 4. The summed E-state index contributed by atoms with van der Waals surface area (Å²) in [6, 6.07) is 16.1. The number of aryl methyl sites for hydroxylation is 1. The Kier molecular flexibility index (Phi) is 7.31. The number of hydrogen-bond acceptors (Lipinski definition) is 6. The predicted molar refractivity (Wildman–Crippen MR) is 151 cm³/mol. The molecule has 3 heterocycles. The zero-order valence-corrected chi connectivity index (χ0v) is 24.5. The second-order valence-electron chi connectivity index (χ2n) is 10.6. The summed E-state index contributed by atoms with van der Waals surface area (Å²) in [6.45, 7) is 6.98. The van der Waals surface area contributed by atoms with Crippen molar-refractivity contribution < 1.29 is 19.4 Å². The first-order valence-electron chi connectivity index (χ1n) is 12.7. The van der Waals surface area contributed by atoms with Gasteiger partial charge in [-0.3, -0.25) is 9.48 Å². The molecule has 1 amide bonds. The van der Waals surface area contributed by atoms with Crippen molar-refractivity contribution in [3.63, 3.8) is 0 Å². The molecule has 37 heavy (non-hydrogen) atoms. The van der Waals surface area contributed by atoms with E-state index in [1.54, 1.807) is 4.68 Å². The molecule has 1 saturated heterocycles. The zero-order valence-electron chi connectivity index (χ0n) is 21.3. The third-order valence-electron chi connectivity index (χ3n) is 7.74. The summed E-state index contributed by atoms with van der Waals surface area (Å²) in [5.41, 5.74) is 2.28. The van der Waals surface area contributed by atoms with Crippen molar-refractivity contribution >= 4 is 42.5 Å². The van der Waals surface area contributed by atoms with Gasteiger partial charge in [-0.15, -0.1) is 5.10 Å². The minimum Gasteiger partial charge on any atom is -0.432 e. The van der Waals surface area contributed by atoms with E-state index >= 15 is 0 Å². The van der Waals surface area contributed by atoms with E-state index in [1.807, 2.05) is 48.5 Å². The first-order chi connectivity index (χ1) is 17.6. The highest BCUT2D eigenvalue weighted by Gasteiger charge is 2.66. The van der Waals surface area contributed by atoms with Crippen LogP contribution in [0.15, 0.2) is 54.7 Å². The molecule has 10 heteroatoms. The van der Waals surface area contributed by atoms with E-state index in [2.05, 4.69) is 64.1 Å². The molecule has 0 unspecified atom stereocenters. The number of carbonyl (C=O) groups excluding carboxylic acids is 1. The standard InChI is InChI=1S/C27H33IN4O4Si/c1-18-25(37(2,3)35)24(12-14-31-17-21(13-15-33)29-30-31)36-27(18)22-6-4-5-7-23(22)32(26(27)34)16-19-8-10-20(28)11-9-19/h4-11,17-18,24-25,33,35H,12-16H2,1-3H3/t18-,24+,25-,27+/m1/s1. The first-order valence-corrected chi connectivity index (χ1v) is 16.8. The minimum atomic E-state index is -2.72. The number of benzene rings is 2. The number of aliphatic hydroxyl groups is 1. The van der Waals surface area contributed by atoms with Crippen LogP contribution in [0.5, 0.6) is 0 Å². The number of rotatable bonds is 8. The summed E-state index contributed by atoms with van der Waals surface area (Å²) in [4.78, 5) is 27.6. The summed E-state index contributed by atoms with van der Waals surface area (Å²) < 4.78 is 9.74. The SMILES string of the molecule is C[C@@H]1[C@@H]([Si](C)(C)O)[C@H](CCn2cc(CCO)nn2)O[C@@]12C(=O)N(Cc1ccc(I)cc1)c1ccccc12. The molecule has 0 saturated carbocycles. The highest BCUT2D eigenvalue weighted by Crippen LogP contribution is 2.59. The van der Waals surface area contributed by atoms with Crippen LogP contribution in [-0.2, 0) is 34.6 Å². The highest BCUT2D eigenvalue weighted by molar-refractivity contribution is 14.1. The molecule has 196 valence electrons. The lowest BCUT2D eigenvalue weighted by Gasteiger charge is -2.32. The van der Waals surface area contributed by atoms with Crippen molar-refractivity contribution in [2.75, 3.05) is 11.5 Å². The Bertz CT molecular complexity index is 1280. The molecule has 0 bridgehead atoms. The van der Waals surface area contributed by atoms with Crippen LogP contribution in [0.1, 0.15) is 30.2 Å². The van der Waals surface area contributed by atoms with Gasteiger partial charge in [0, 0.05) is 46.4 Å². The lowest BCUT2D eigenvalue weighted by atomic mass is 9.82. The number of ether oxygens (including phenoxy) is 1. The van der Waals surface area contributed by atoms with Crippen LogP contribution >= 0.6 is 22.6 Å². The van der Waals surface area contributed by atoms with Crippen molar-refractivity contribution in [3.05, 3.63) is 75.1 Å². The molecule has 3 aromatic rings. The van der Waals surface area contributed by atoms with Crippen LogP contribution in [-0.4, -0.2) is 51.8 Å². The van der Waals surface area contributed by atoms with Gasteiger partial charge in [-0.25, -0.2) is 0 Å². The number of hydrogen-bond donors (Lipinski definition) is 2. The van der Waals surface area contributed by atoms with Crippen LogP contribution in [0.4, 0.5) is 5.69 Å². The maximum absolute atomic E-state index is 14.3. The van der Waals surface area contributed by atoms with Gasteiger partial charge in [-0.1, -0.05) is 42.5 Å². The Morgan fingerprint density at radius 1 is 1.16 bits per heavy atom. The van der Waals surface area contributed by atoms with Gasteiger partial charge < -0.3 is 19.5 Å². The molecule has 4 atom stereocenters. The van der Waals surface area contributed by atoms with Gasteiger partial charge in [0.15, 0.2) is 13.9 Å². The van der Waals surface area contributed by atoms with E-state index in [1.165, 1.54) is 0 Å². The number of aliphatic hydroxyl groups excluding tert-OH is 1. The summed E-state index contributed by atoms with van der Waals surface area (Å²) in [7, 11) is -2.72. The Hall–Kier alpha value is -2.12. The normalized spacial score (nSPS) is 25.3. The maximum atomic E-state index is 14.3. The molecular weight excluding hydrogens is 599 g/mol. The molecular formula is C27H33IN4O4Si. The topological polar surface area (TPSA) is 101 Å². The monoisotopic (exact) mass is 632 g/mol. The van der Waals surface area contributed by atoms with Crippen molar-refractivity contribution in [2.45, 2.75) is 63.2 Å². The number of amides is 1. The van der Waals surface area contributed by atoms with Crippen molar-refractivity contribution in [1.29, 1.82) is 0 Å². The molecule has 0 radical (unpaired) electrons. The molecule has 0 aliphatic carbocycles. The van der Waals surface area contributed by atoms with Gasteiger partial charge in [0.25, 0.3) is 5.91 Å². The van der Waals surface area contributed by atoms with Crippen LogP contribution in [0, 0.1) is 9.49 Å². The molecule has 5 rings (SSSR count). The van der Waals surface area contributed by atoms with E-state index in [9.17, 15) is 14.7 Å². The summed E-state index contributed by atoms with van der Waals surface area (Å²) in [5, 5.41) is 17.5. The lowest BCUT2D eigenvalue weighted by Crippen LogP contribution is -2.46. The second-order valence-corrected chi connectivity index (χ2v) is 15.8. The quantitative estimate of drug-likeness (QED) is 0.289. The minimum absolute atomic E-state index is 0.0249. The van der Waals surface area contributed by atoms with Crippen molar-refractivity contribution in [3.8, 4) is 0 Å².